The lowest BCUT2D eigenvalue weighted by Gasteiger charge is -2.34. The number of anilines is 1. The van der Waals surface area contributed by atoms with Crippen molar-refractivity contribution in [2.24, 2.45) is 0 Å². The molecule has 140 valence electrons. The van der Waals surface area contributed by atoms with Gasteiger partial charge in [0.25, 0.3) is 0 Å². The second kappa shape index (κ2) is 7.51. The number of furan rings is 1. The highest BCUT2D eigenvalue weighted by Crippen LogP contribution is 2.28. The zero-order valence-corrected chi connectivity index (χ0v) is 14.9. The number of carbonyl (C=O) groups is 1. The molecular weight excluding hydrogens is 336 g/mol. The van der Waals surface area contributed by atoms with Crippen LogP contribution in [0.5, 0.6) is 0 Å². The second-order valence-electron chi connectivity index (χ2n) is 6.67. The number of aryl methyl sites for hydroxylation is 1. The first-order chi connectivity index (χ1) is 12.7. The molecule has 2 aliphatic heterocycles. The topological polar surface area (TPSA) is 81.8 Å². The number of amides is 2. The van der Waals surface area contributed by atoms with Crippen molar-refractivity contribution in [3.8, 4) is 0 Å². The Morgan fingerprint density at radius 1 is 1.19 bits per heavy atom. The lowest BCUT2D eigenvalue weighted by molar-refractivity contribution is 0.00703. The van der Waals surface area contributed by atoms with E-state index in [2.05, 4.69) is 10.4 Å². The number of nitrogens with one attached hydrogen (secondary N) is 1. The van der Waals surface area contributed by atoms with Crippen molar-refractivity contribution in [2.75, 3.05) is 38.3 Å². The van der Waals surface area contributed by atoms with Gasteiger partial charge < -0.3 is 18.8 Å². The van der Waals surface area contributed by atoms with Crippen LogP contribution in [-0.4, -0.2) is 53.7 Å². The average molecular weight is 360 g/mol. The maximum absolute atomic E-state index is 12.9. The Hall–Kier alpha value is -2.32. The summed E-state index contributed by atoms with van der Waals surface area (Å²) in [5.41, 5.74) is 0. The number of morpholine rings is 1. The highest BCUT2D eigenvalue weighted by atomic mass is 16.5. The van der Waals surface area contributed by atoms with Gasteiger partial charge in [0, 0.05) is 25.8 Å². The molecule has 2 aromatic rings. The van der Waals surface area contributed by atoms with Crippen LogP contribution in [0.1, 0.15) is 36.4 Å². The van der Waals surface area contributed by atoms with E-state index in [0.717, 1.165) is 37.6 Å². The van der Waals surface area contributed by atoms with E-state index in [9.17, 15) is 4.79 Å². The number of carbonyl (C=O) groups excluding carboxylic acids is 1. The molecule has 1 unspecified atom stereocenters. The van der Waals surface area contributed by atoms with Crippen molar-refractivity contribution in [1.29, 1.82) is 0 Å². The van der Waals surface area contributed by atoms with E-state index in [1.807, 2.05) is 29.8 Å². The Morgan fingerprint density at radius 2 is 2.04 bits per heavy atom. The first kappa shape index (κ1) is 17.1. The largest absolute Gasteiger partial charge is 0.464 e. The predicted octanol–water partition coefficient (Wildman–Crippen LogP) is 2.74. The van der Waals surface area contributed by atoms with Gasteiger partial charge in [-0.2, -0.15) is 5.10 Å². The van der Waals surface area contributed by atoms with Gasteiger partial charge in [0.15, 0.2) is 0 Å². The first-order valence-corrected chi connectivity index (χ1v) is 9.05. The molecule has 2 saturated heterocycles. The average Bonchev–Trinajstić information content (AvgIpc) is 3.31. The van der Waals surface area contributed by atoms with Gasteiger partial charge >= 0.3 is 6.03 Å². The van der Waals surface area contributed by atoms with Gasteiger partial charge in [-0.05, 0) is 31.9 Å². The summed E-state index contributed by atoms with van der Waals surface area (Å²) in [6, 6.07) is 5.50. The minimum atomic E-state index is -0.225. The molecule has 1 atom stereocenters. The second-order valence-corrected chi connectivity index (χ2v) is 6.67. The molecule has 0 saturated carbocycles. The van der Waals surface area contributed by atoms with Crippen LogP contribution in [0, 0.1) is 6.92 Å². The smallest absolute Gasteiger partial charge is 0.323 e. The Bertz CT molecular complexity index is 750. The van der Waals surface area contributed by atoms with E-state index in [4.69, 9.17) is 13.9 Å². The summed E-state index contributed by atoms with van der Waals surface area (Å²) in [4.78, 5) is 14.7. The van der Waals surface area contributed by atoms with Gasteiger partial charge in [-0.15, -0.1) is 0 Å². The van der Waals surface area contributed by atoms with Crippen LogP contribution in [0.3, 0.4) is 0 Å². The van der Waals surface area contributed by atoms with Gasteiger partial charge in [-0.25, -0.2) is 9.48 Å². The summed E-state index contributed by atoms with van der Waals surface area (Å²) in [7, 11) is 0. The van der Waals surface area contributed by atoms with Crippen molar-refractivity contribution >= 4 is 11.8 Å². The predicted molar refractivity (Wildman–Crippen MR) is 94.0 cm³/mol. The molecule has 0 aromatic carbocycles. The summed E-state index contributed by atoms with van der Waals surface area (Å²) in [6.07, 6.45) is 3.52. The molecule has 2 aliphatic rings. The molecule has 8 nitrogen and oxygen atoms in total. The maximum Gasteiger partial charge on any atom is 0.323 e. The molecule has 26 heavy (non-hydrogen) atoms. The van der Waals surface area contributed by atoms with Gasteiger partial charge in [-0.1, -0.05) is 0 Å². The van der Waals surface area contributed by atoms with E-state index in [1.54, 1.807) is 11.1 Å². The fourth-order valence-corrected chi connectivity index (χ4v) is 3.53. The van der Waals surface area contributed by atoms with Gasteiger partial charge in [-0.3, -0.25) is 5.32 Å². The third kappa shape index (κ3) is 3.47. The normalized spacial score (nSPS) is 21.7. The molecule has 4 rings (SSSR count). The fraction of sp³-hybridized carbons (Fsp3) is 0.556. The van der Waals surface area contributed by atoms with E-state index in [-0.39, 0.29) is 18.1 Å². The van der Waals surface area contributed by atoms with Gasteiger partial charge in [0.2, 0.25) is 0 Å². The number of nitrogens with zero attached hydrogens (tertiary/aromatic N) is 3. The first-order valence-electron chi connectivity index (χ1n) is 9.05. The highest BCUT2D eigenvalue weighted by Gasteiger charge is 2.31. The van der Waals surface area contributed by atoms with Gasteiger partial charge in [0.05, 0.1) is 25.5 Å². The maximum atomic E-state index is 12.9. The molecule has 2 amide bonds. The molecular formula is C18H24N4O4. The zero-order valence-electron chi connectivity index (χ0n) is 14.9. The number of hydrogen-bond acceptors (Lipinski definition) is 5. The number of hydrogen-bond donors (Lipinski definition) is 1. The van der Waals surface area contributed by atoms with Gasteiger partial charge in [0.1, 0.15) is 23.4 Å². The fourth-order valence-electron chi connectivity index (χ4n) is 3.53. The molecule has 4 heterocycles. The lowest BCUT2D eigenvalue weighted by Crippen LogP contribution is -2.45. The Balaban J connectivity index is 1.49. The van der Waals surface area contributed by atoms with Crippen LogP contribution in [0.15, 0.2) is 28.8 Å². The third-order valence-electron chi connectivity index (χ3n) is 4.92. The van der Waals surface area contributed by atoms with Crippen molar-refractivity contribution in [1.82, 2.24) is 14.7 Å². The number of ether oxygens (including phenoxy) is 2. The monoisotopic (exact) mass is 360 g/mol. The summed E-state index contributed by atoms with van der Waals surface area (Å²) in [5.74, 6) is 2.28. The summed E-state index contributed by atoms with van der Waals surface area (Å²) in [5, 5.41) is 7.42. The van der Waals surface area contributed by atoms with Crippen molar-refractivity contribution in [3.63, 3.8) is 0 Å². The van der Waals surface area contributed by atoms with Crippen LogP contribution in [-0.2, 0) is 9.47 Å². The van der Waals surface area contributed by atoms with Crippen molar-refractivity contribution in [2.45, 2.75) is 31.8 Å². The third-order valence-corrected chi connectivity index (χ3v) is 4.92. The van der Waals surface area contributed by atoms with Crippen molar-refractivity contribution < 1.29 is 18.7 Å². The van der Waals surface area contributed by atoms with E-state index in [1.165, 1.54) is 0 Å². The molecule has 0 aliphatic carbocycles. The Labute approximate surface area is 152 Å². The van der Waals surface area contributed by atoms with E-state index < -0.39 is 0 Å². The zero-order chi connectivity index (χ0) is 17.9. The summed E-state index contributed by atoms with van der Waals surface area (Å²) in [6.45, 7) is 4.80. The summed E-state index contributed by atoms with van der Waals surface area (Å²) < 4.78 is 18.6. The quantitative estimate of drug-likeness (QED) is 0.910. The Kier molecular flexibility index (Phi) is 4.94. The molecule has 8 heteroatoms. The molecule has 2 fully saturated rings. The minimum Gasteiger partial charge on any atom is -0.464 e. The molecule has 2 aromatic heterocycles. The summed E-state index contributed by atoms with van der Waals surface area (Å²) >= 11 is 0. The lowest BCUT2D eigenvalue weighted by atomic mass is 10.1. The standard InChI is InChI=1S/C18H24N4O4/c1-13-2-3-16(26-13)15-12-25-11-8-21(15)18(23)20-17-4-7-19-22(17)14-5-9-24-10-6-14/h2-4,7,14-15H,5-6,8-12H2,1H3,(H,20,23). The minimum absolute atomic E-state index is 0.166. The molecule has 0 bridgehead atoms. The molecule has 0 spiro atoms. The number of rotatable bonds is 3. The van der Waals surface area contributed by atoms with Crippen LogP contribution in [0.25, 0.3) is 0 Å². The Morgan fingerprint density at radius 3 is 2.81 bits per heavy atom. The number of aromatic nitrogens is 2. The van der Waals surface area contributed by atoms with E-state index >= 15 is 0 Å². The molecule has 0 radical (unpaired) electrons. The highest BCUT2D eigenvalue weighted by molar-refractivity contribution is 5.88. The van der Waals surface area contributed by atoms with Crippen molar-refractivity contribution in [3.05, 3.63) is 35.9 Å². The van der Waals surface area contributed by atoms with Crippen LogP contribution in [0.4, 0.5) is 10.6 Å². The van der Waals surface area contributed by atoms with E-state index in [0.29, 0.717) is 25.6 Å². The molecule has 1 N–H and O–H groups in total. The van der Waals surface area contributed by atoms with Crippen LogP contribution >= 0.6 is 0 Å². The SMILES string of the molecule is Cc1ccc(C2COCCN2C(=O)Nc2ccnn2C2CCOCC2)o1. The van der Waals surface area contributed by atoms with Crippen LogP contribution < -0.4 is 5.32 Å². The van der Waals surface area contributed by atoms with Crippen LogP contribution in [0.2, 0.25) is 0 Å². The number of urea groups is 1.